The van der Waals surface area contributed by atoms with Gasteiger partial charge in [0.05, 0.1) is 25.1 Å². The number of ether oxygens (including phenoxy) is 1. The van der Waals surface area contributed by atoms with Crippen LogP contribution in [0.1, 0.15) is 0 Å². The molecule has 3 rings (SSSR count). The summed E-state index contributed by atoms with van der Waals surface area (Å²) >= 11 is 22.1. The average Bonchev–Trinajstić information content (AvgIpc) is 2.88. The van der Waals surface area contributed by atoms with Gasteiger partial charge < -0.3 is 15.0 Å². The van der Waals surface area contributed by atoms with E-state index in [4.69, 9.17) is 39.5 Å². The Labute approximate surface area is 148 Å². The SMILES string of the molecule is CNC(=O)Oc1cc(Cl)c(Cl)c2c1[nH]c1ncc(Br)c(Cl)c12. The third-order valence-electron chi connectivity index (χ3n) is 3.06. The number of nitrogens with one attached hydrogen (secondary N) is 2. The molecule has 22 heavy (non-hydrogen) atoms. The molecular weight excluding hydrogens is 416 g/mol. The molecule has 1 aromatic carbocycles. The van der Waals surface area contributed by atoms with E-state index in [1.807, 2.05) is 0 Å². The molecule has 2 heterocycles. The highest BCUT2D eigenvalue weighted by Crippen LogP contribution is 2.44. The van der Waals surface area contributed by atoms with Crippen LogP contribution in [-0.4, -0.2) is 23.1 Å². The molecule has 0 aliphatic carbocycles. The second kappa shape index (κ2) is 5.77. The molecule has 9 heteroatoms. The molecule has 0 saturated carbocycles. The first-order valence-electron chi connectivity index (χ1n) is 5.97. The van der Waals surface area contributed by atoms with Crippen LogP contribution >= 0.6 is 50.7 Å². The lowest BCUT2D eigenvalue weighted by molar-refractivity contribution is 0.203. The van der Waals surface area contributed by atoms with Gasteiger partial charge in [-0.3, -0.25) is 0 Å². The third kappa shape index (κ3) is 2.40. The predicted molar refractivity (Wildman–Crippen MR) is 91.4 cm³/mol. The highest BCUT2D eigenvalue weighted by Gasteiger charge is 2.20. The molecule has 5 nitrogen and oxygen atoms in total. The maximum Gasteiger partial charge on any atom is 0.412 e. The average molecular weight is 423 g/mol. The number of pyridine rings is 1. The highest BCUT2D eigenvalue weighted by atomic mass is 79.9. The number of fused-ring (bicyclic) bond motifs is 3. The van der Waals surface area contributed by atoms with Crippen LogP contribution in [0.25, 0.3) is 21.9 Å². The summed E-state index contributed by atoms with van der Waals surface area (Å²) in [6.45, 7) is 0. The van der Waals surface area contributed by atoms with Gasteiger partial charge in [-0.2, -0.15) is 0 Å². The summed E-state index contributed by atoms with van der Waals surface area (Å²) in [4.78, 5) is 18.8. The number of hydrogen-bond donors (Lipinski definition) is 2. The van der Waals surface area contributed by atoms with Gasteiger partial charge >= 0.3 is 6.09 Å². The van der Waals surface area contributed by atoms with Crippen molar-refractivity contribution in [2.24, 2.45) is 0 Å². The van der Waals surface area contributed by atoms with Crippen molar-refractivity contribution in [2.75, 3.05) is 7.05 Å². The van der Waals surface area contributed by atoms with Gasteiger partial charge in [0.1, 0.15) is 5.65 Å². The van der Waals surface area contributed by atoms with E-state index < -0.39 is 6.09 Å². The predicted octanol–water partition coefficient (Wildman–Crippen LogP) is 5.16. The number of benzene rings is 1. The van der Waals surface area contributed by atoms with E-state index in [2.05, 4.69) is 31.2 Å². The third-order valence-corrected chi connectivity index (χ3v) is 5.07. The first-order chi connectivity index (χ1) is 10.4. The van der Waals surface area contributed by atoms with Crippen molar-refractivity contribution < 1.29 is 9.53 Å². The molecule has 0 fully saturated rings. The minimum absolute atomic E-state index is 0.230. The molecule has 114 valence electrons. The number of halogens is 4. The molecule has 1 amide bonds. The molecule has 0 bridgehead atoms. The number of nitrogens with zero attached hydrogens (tertiary/aromatic N) is 1. The van der Waals surface area contributed by atoms with E-state index in [0.717, 1.165) is 0 Å². The number of carbonyl (C=O) groups is 1. The second-order valence-electron chi connectivity index (χ2n) is 4.33. The maximum atomic E-state index is 11.5. The lowest BCUT2D eigenvalue weighted by Crippen LogP contribution is -2.22. The van der Waals surface area contributed by atoms with Gasteiger partial charge in [-0.15, -0.1) is 0 Å². The number of amides is 1. The Bertz CT molecular complexity index is 926. The molecule has 0 aliphatic rings. The normalized spacial score (nSPS) is 11.1. The van der Waals surface area contributed by atoms with Crippen molar-refractivity contribution in [2.45, 2.75) is 0 Å². The van der Waals surface area contributed by atoms with Gasteiger partial charge in [-0.1, -0.05) is 34.8 Å². The van der Waals surface area contributed by atoms with Crippen molar-refractivity contribution >= 4 is 78.8 Å². The maximum absolute atomic E-state index is 11.5. The van der Waals surface area contributed by atoms with Crippen LogP contribution in [0, 0.1) is 0 Å². The van der Waals surface area contributed by atoms with E-state index in [1.54, 1.807) is 6.20 Å². The van der Waals surface area contributed by atoms with Crippen molar-refractivity contribution in [3.05, 3.63) is 31.8 Å². The Morgan fingerprint density at radius 1 is 1.32 bits per heavy atom. The number of carbonyl (C=O) groups excluding carboxylic acids is 1. The molecule has 2 aromatic heterocycles. The first-order valence-corrected chi connectivity index (χ1v) is 7.89. The molecular formula is C13H7BrCl3N3O2. The summed E-state index contributed by atoms with van der Waals surface area (Å²) in [6.07, 6.45) is 0.938. The number of aromatic amines is 1. The Hall–Kier alpha value is -1.21. The van der Waals surface area contributed by atoms with Crippen molar-refractivity contribution in [1.29, 1.82) is 0 Å². The summed E-state index contributed by atoms with van der Waals surface area (Å²) in [6, 6.07) is 1.46. The standard InChI is InChI=1S/C13H7BrCl3N3O2/c1-18-13(21)22-6-2-5(15)10(17)7-8-9(16)4(14)3-19-12(8)20-11(6)7/h2-3H,1H3,(H,18,21)(H,19,20). The van der Waals surface area contributed by atoms with Crippen LogP contribution in [0.3, 0.4) is 0 Å². The largest absolute Gasteiger partial charge is 0.412 e. The van der Waals surface area contributed by atoms with Gasteiger partial charge in [0.2, 0.25) is 0 Å². The molecule has 0 saturated heterocycles. The highest BCUT2D eigenvalue weighted by molar-refractivity contribution is 9.10. The number of aromatic nitrogens is 2. The van der Waals surface area contributed by atoms with E-state index >= 15 is 0 Å². The van der Waals surface area contributed by atoms with E-state index in [0.29, 0.717) is 36.5 Å². The van der Waals surface area contributed by atoms with Gasteiger partial charge in [-0.05, 0) is 15.9 Å². The zero-order valence-corrected chi connectivity index (χ0v) is 14.8. The van der Waals surface area contributed by atoms with Crippen LogP contribution in [0.15, 0.2) is 16.7 Å². The van der Waals surface area contributed by atoms with Crippen LogP contribution in [-0.2, 0) is 0 Å². The Balaban J connectivity index is 2.43. The fraction of sp³-hybridized carbons (Fsp3) is 0.0769. The molecule has 2 N–H and O–H groups in total. The van der Waals surface area contributed by atoms with Gasteiger partial charge in [0, 0.05) is 30.1 Å². The summed E-state index contributed by atoms with van der Waals surface area (Å²) in [5.41, 5.74) is 0.995. The van der Waals surface area contributed by atoms with Crippen molar-refractivity contribution in [3.8, 4) is 5.75 Å². The number of H-pyrrole nitrogens is 1. The molecule has 0 atom stereocenters. The lowest BCUT2D eigenvalue weighted by atomic mass is 10.2. The van der Waals surface area contributed by atoms with Crippen LogP contribution < -0.4 is 10.1 Å². The lowest BCUT2D eigenvalue weighted by Gasteiger charge is -2.07. The van der Waals surface area contributed by atoms with E-state index in [1.165, 1.54) is 13.1 Å². The van der Waals surface area contributed by atoms with Crippen LogP contribution in [0.2, 0.25) is 15.1 Å². The van der Waals surface area contributed by atoms with E-state index in [-0.39, 0.29) is 10.8 Å². The van der Waals surface area contributed by atoms with Gasteiger partial charge in [0.25, 0.3) is 0 Å². The van der Waals surface area contributed by atoms with E-state index in [9.17, 15) is 4.79 Å². The minimum Gasteiger partial charge on any atom is -0.408 e. The molecule has 3 aromatic rings. The summed E-state index contributed by atoms with van der Waals surface area (Å²) in [5.74, 6) is 0.230. The Morgan fingerprint density at radius 3 is 2.73 bits per heavy atom. The van der Waals surface area contributed by atoms with Gasteiger partial charge in [0.15, 0.2) is 5.75 Å². The summed E-state index contributed by atoms with van der Waals surface area (Å²) < 4.78 is 5.82. The molecule has 0 spiro atoms. The second-order valence-corrected chi connectivity index (χ2v) is 6.35. The number of rotatable bonds is 1. The molecule has 0 unspecified atom stereocenters. The molecule has 0 aliphatic heterocycles. The Kier molecular flexibility index (Phi) is 4.11. The van der Waals surface area contributed by atoms with Crippen molar-refractivity contribution in [3.63, 3.8) is 0 Å². The van der Waals surface area contributed by atoms with Crippen LogP contribution in [0.4, 0.5) is 4.79 Å². The summed E-state index contributed by atoms with van der Waals surface area (Å²) in [7, 11) is 1.46. The Morgan fingerprint density at radius 2 is 2.05 bits per heavy atom. The monoisotopic (exact) mass is 421 g/mol. The number of hydrogen-bond acceptors (Lipinski definition) is 3. The van der Waals surface area contributed by atoms with Crippen molar-refractivity contribution in [1.82, 2.24) is 15.3 Å². The fourth-order valence-electron chi connectivity index (χ4n) is 2.10. The fourth-order valence-corrected chi connectivity index (χ4v) is 3.07. The zero-order chi connectivity index (χ0) is 16.0. The minimum atomic E-state index is -0.626. The summed E-state index contributed by atoms with van der Waals surface area (Å²) in [5, 5.41) is 4.48. The first kappa shape index (κ1) is 15.7. The molecule has 0 radical (unpaired) electrons. The smallest absolute Gasteiger partial charge is 0.408 e. The topological polar surface area (TPSA) is 67.0 Å². The van der Waals surface area contributed by atoms with Crippen LogP contribution in [0.5, 0.6) is 5.75 Å². The van der Waals surface area contributed by atoms with Gasteiger partial charge in [-0.25, -0.2) is 9.78 Å². The zero-order valence-electron chi connectivity index (χ0n) is 10.9. The quantitative estimate of drug-likeness (QED) is 0.568.